The number of aliphatic hydroxyl groups is 1. The second kappa shape index (κ2) is 7.00. The minimum atomic E-state index is -0.674. The first-order valence-electron chi connectivity index (χ1n) is 6.85. The lowest BCUT2D eigenvalue weighted by molar-refractivity contribution is -0.386. The molecule has 2 aromatic carbocycles. The highest BCUT2D eigenvalue weighted by Crippen LogP contribution is 2.24. The first-order chi connectivity index (χ1) is 10.5. The summed E-state index contributed by atoms with van der Waals surface area (Å²) in [6.07, 6.45) is 0.0587. The SMILES string of the molecule is CCC(O)c1ccc(OCc2c(F)cccc2[N+](=O)[O-])cc1. The summed E-state index contributed by atoms with van der Waals surface area (Å²) >= 11 is 0. The maximum Gasteiger partial charge on any atom is 0.278 e. The van der Waals surface area contributed by atoms with Gasteiger partial charge in [0, 0.05) is 6.07 Å². The maximum absolute atomic E-state index is 13.7. The van der Waals surface area contributed by atoms with Crippen molar-refractivity contribution in [3.8, 4) is 5.75 Å². The Bertz CT molecular complexity index is 658. The van der Waals surface area contributed by atoms with E-state index in [9.17, 15) is 19.6 Å². The van der Waals surface area contributed by atoms with E-state index in [2.05, 4.69) is 0 Å². The summed E-state index contributed by atoms with van der Waals surface area (Å²) in [7, 11) is 0. The van der Waals surface area contributed by atoms with Gasteiger partial charge in [-0.05, 0) is 30.2 Å². The van der Waals surface area contributed by atoms with Crippen LogP contribution in [0, 0.1) is 15.9 Å². The average molecular weight is 305 g/mol. The van der Waals surface area contributed by atoms with Crippen LogP contribution in [0.2, 0.25) is 0 Å². The topological polar surface area (TPSA) is 72.6 Å². The molecule has 2 rings (SSSR count). The molecule has 0 aliphatic rings. The van der Waals surface area contributed by atoms with Crippen molar-refractivity contribution < 1.29 is 19.2 Å². The zero-order chi connectivity index (χ0) is 16.1. The van der Waals surface area contributed by atoms with Gasteiger partial charge in [0.15, 0.2) is 0 Å². The molecule has 0 saturated heterocycles. The molecular weight excluding hydrogens is 289 g/mol. The van der Waals surface area contributed by atoms with E-state index < -0.39 is 16.8 Å². The zero-order valence-corrected chi connectivity index (χ0v) is 12.0. The van der Waals surface area contributed by atoms with Crippen molar-refractivity contribution in [2.24, 2.45) is 0 Å². The summed E-state index contributed by atoms with van der Waals surface area (Å²) in [4.78, 5) is 10.3. The highest BCUT2D eigenvalue weighted by atomic mass is 19.1. The smallest absolute Gasteiger partial charge is 0.278 e. The lowest BCUT2D eigenvalue weighted by Gasteiger charge is -2.10. The van der Waals surface area contributed by atoms with E-state index in [1.54, 1.807) is 24.3 Å². The molecule has 0 heterocycles. The lowest BCUT2D eigenvalue weighted by atomic mass is 10.1. The molecular formula is C16H16FNO4. The van der Waals surface area contributed by atoms with Gasteiger partial charge in [-0.3, -0.25) is 10.1 Å². The van der Waals surface area contributed by atoms with Crippen molar-refractivity contribution >= 4 is 5.69 Å². The molecule has 0 saturated carbocycles. The van der Waals surface area contributed by atoms with Gasteiger partial charge in [0.2, 0.25) is 0 Å². The van der Waals surface area contributed by atoms with Crippen molar-refractivity contribution in [1.82, 2.24) is 0 Å². The second-order valence-corrected chi connectivity index (χ2v) is 4.78. The van der Waals surface area contributed by atoms with Gasteiger partial charge < -0.3 is 9.84 Å². The first kappa shape index (κ1) is 15.9. The zero-order valence-electron chi connectivity index (χ0n) is 12.0. The third kappa shape index (κ3) is 3.59. The molecule has 1 atom stereocenters. The van der Waals surface area contributed by atoms with E-state index in [0.717, 1.165) is 11.6 Å². The van der Waals surface area contributed by atoms with E-state index >= 15 is 0 Å². The third-order valence-corrected chi connectivity index (χ3v) is 3.33. The van der Waals surface area contributed by atoms with Crippen molar-refractivity contribution in [3.63, 3.8) is 0 Å². The molecule has 22 heavy (non-hydrogen) atoms. The monoisotopic (exact) mass is 305 g/mol. The average Bonchev–Trinajstić information content (AvgIpc) is 2.53. The molecule has 0 amide bonds. The lowest BCUT2D eigenvalue weighted by Crippen LogP contribution is -2.03. The number of ether oxygens (including phenoxy) is 1. The summed E-state index contributed by atoms with van der Waals surface area (Å²) in [5, 5.41) is 20.6. The number of nitro benzene ring substituents is 1. The molecule has 116 valence electrons. The number of rotatable bonds is 6. The van der Waals surface area contributed by atoms with Crippen molar-refractivity contribution in [3.05, 3.63) is 69.5 Å². The minimum Gasteiger partial charge on any atom is -0.489 e. The highest BCUT2D eigenvalue weighted by molar-refractivity contribution is 5.41. The van der Waals surface area contributed by atoms with Crippen LogP contribution in [0.3, 0.4) is 0 Å². The molecule has 2 aromatic rings. The molecule has 5 nitrogen and oxygen atoms in total. The van der Waals surface area contributed by atoms with Gasteiger partial charge in [0.05, 0.1) is 11.0 Å². The van der Waals surface area contributed by atoms with E-state index in [1.165, 1.54) is 12.1 Å². The molecule has 0 aliphatic heterocycles. The molecule has 0 spiro atoms. The molecule has 0 aliphatic carbocycles. The van der Waals surface area contributed by atoms with E-state index in [0.29, 0.717) is 12.2 Å². The Morgan fingerprint density at radius 2 is 1.95 bits per heavy atom. The Morgan fingerprint density at radius 3 is 2.55 bits per heavy atom. The van der Waals surface area contributed by atoms with Crippen LogP contribution in [0.1, 0.15) is 30.6 Å². The van der Waals surface area contributed by atoms with Crippen LogP contribution in [0.5, 0.6) is 5.75 Å². The van der Waals surface area contributed by atoms with Crippen LogP contribution in [-0.2, 0) is 6.61 Å². The number of hydrogen-bond donors (Lipinski definition) is 1. The van der Waals surface area contributed by atoms with E-state index in [-0.39, 0.29) is 17.9 Å². The van der Waals surface area contributed by atoms with Gasteiger partial charge in [-0.1, -0.05) is 25.1 Å². The quantitative estimate of drug-likeness (QED) is 0.651. The number of halogens is 1. The van der Waals surface area contributed by atoms with Crippen molar-refractivity contribution in [2.75, 3.05) is 0 Å². The summed E-state index contributed by atoms with van der Waals surface area (Å²) < 4.78 is 19.1. The Labute approximate surface area is 127 Å². The van der Waals surface area contributed by atoms with Crippen LogP contribution in [-0.4, -0.2) is 10.0 Å². The fraction of sp³-hybridized carbons (Fsp3) is 0.250. The van der Waals surface area contributed by atoms with Gasteiger partial charge in [0.1, 0.15) is 23.7 Å². The molecule has 6 heteroatoms. The molecule has 0 aromatic heterocycles. The van der Waals surface area contributed by atoms with E-state index in [1.807, 2.05) is 6.92 Å². The third-order valence-electron chi connectivity index (χ3n) is 3.33. The number of nitro groups is 1. The number of benzene rings is 2. The van der Waals surface area contributed by atoms with Gasteiger partial charge in [-0.25, -0.2) is 4.39 Å². The van der Waals surface area contributed by atoms with Gasteiger partial charge in [0.25, 0.3) is 5.69 Å². The normalized spacial score (nSPS) is 12.0. The largest absolute Gasteiger partial charge is 0.489 e. The minimum absolute atomic E-state index is 0.0924. The second-order valence-electron chi connectivity index (χ2n) is 4.78. The number of aliphatic hydroxyl groups excluding tert-OH is 1. The summed E-state index contributed by atoms with van der Waals surface area (Å²) in [5.41, 5.74) is 0.356. The van der Waals surface area contributed by atoms with Gasteiger partial charge in [-0.2, -0.15) is 0 Å². The summed E-state index contributed by atoms with van der Waals surface area (Å²) in [6, 6.07) is 10.4. The van der Waals surface area contributed by atoms with Crippen molar-refractivity contribution in [2.45, 2.75) is 26.1 Å². The fourth-order valence-electron chi connectivity index (χ4n) is 2.04. The Balaban J connectivity index is 2.12. The van der Waals surface area contributed by atoms with Gasteiger partial charge >= 0.3 is 0 Å². The summed E-state index contributed by atoms with van der Waals surface area (Å²) in [5.74, 6) is -0.225. The first-order valence-corrected chi connectivity index (χ1v) is 6.85. The fourth-order valence-corrected chi connectivity index (χ4v) is 2.04. The predicted octanol–water partition coefficient (Wildman–Crippen LogP) is 3.76. The van der Waals surface area contributed by atoms with Gasteiger partial charge in [-0.15, -0.1) is 0 Å². The Kier molecular flexibility index (Phi) is 5.06. The molecule has 1 unspecified atom stereocenters. The molecule has 0 fully saturated rings. The summed E-state index contributed by atoms with van der Waals surface area (Å²) in [6.45, 7) is 1.63. The Hall–Kier alpha value is -2.47. The van der Waals surface area contributed by atoms with E-state index in [4.69, 9.17) is 4.74 Å². The van der Waals surface area contributed by atoms with Crippen LogP contribution < -0.4 is 4.74 Å². The van der Waals surface area contributed by atoms with Crippen LogP contribution in [0.15, 0.2) is 42.5 Å². The number of hydrogen-bond acceptors (Lipinski definition) is 4. The molecule has 0 radical (unpaired) electrons. The predicted molar refractivity (Wildman–Crippen MR) is 79.1 cm³/mol. The Morgan fingerprint density at radius 1 is 1.27 bits per heavy atom. The number of nitrogens with zero attached hydrogens (tertiary/aromatic N) is 1. The highest BCUT2D eigenvalue weighted by Gasteiger charge is 2.18. The van der Waals surface area contributed by atoms with Crippen molar-refractivity contribution in [1.29, 1.82) is 0 Å². The molecule has 0 bridgehead atoms. The maximum atomic E-state index is 13.7. The van der Waals surface area contributed by atoms with Crippen LogP contribution in [0.25, 0.3) is 0 Å². The van der Waals surface area contributed by atoms with Crippen LogP contribution >= 0.6 is 0 Å². The van der Waals surface area contributed by atoms with Crippen LogP contribution in [0.4, 0.5) is 10.1 Å². The standard InChI is InChI=1S/C16H16FNO4/c1-2-16(19)11-6-8-12(9-7-11)22-10-13-14(17)4-3-5-15(13)18(20)21/h3-9,16,19H,2,10H2,1H3. The molecule has 1 N–H and O–H groups in total.